The Bertz CT molecular complexity index is 1220. The summed E-state index contributed by atoms with van der Waals surface area (Å²) < 4.78 is 5.68. The van der Waals surface area contributed by atoms with E-state index in [0.717, 1.165) is 36.0 Å². The van der Waals surface area contributed by atoms with Gasteiger partial charge in [0.05, 0.1) is 24.0 Å². The maximum Gasteiger partial charge on any atom is 0.251 e. The third kappa shape index (κ3) is 4.05. The molecule has 0 unspecified atom stereocenters. The quantitative estimate of drug-likeness (QED) is 0.627. The van der Waals surface area contributed by atoms with Gasteiger partial charge in [0.15, 0.2) is 5.96 Å². The molecule has 0 aromatic heterocycles. The monoisotopic (exact) mass is 476 g/mol. The van der Waals surface area contributed by atoms with Crippen LogP contribution in [0.4, 0.5) is 0 Å². The van der Waals surface area contributed by atoms with Gasteiger partial charge in [-0.25, -0.2) is 4.99 Å². The van der Waals surface area contributed by atoms with Gasteiger partial charge in [-0.1, -0.05) is 31.2 Å². The number of hydrogen-bond donors (Lipinski definition) is 3. The summed E-state index contributed by atoms with van der Waals surface area (Å²) >= 11 is 0. The Balaban J connectivity index is 1.43. The van der Waals surface area contributed by atoms with Crippen molar-refractivity contribution in [1.29, 1.82) is 0 Å². The van der Waals surface area contributed by atoms with Crippen LogP contribution in [0.25, 0.3) is 0 Å². The molecule has 8 nitrogen and oxygen atoms in total. The van der Waals surface area contributed by atoms with E-state index in [1.54, 1.807) is 17.9 Å². The van der Waals surface area contributed by atoms with Crippen molar-refractivity contribution >= 4 is 17.8 Å². The number of amides is 2. The molecule has 4 atom stereocenters. The number of nitrogens with zero attached hydrogens (tertiary/aromatic N) is 2. The van der Waals surface area contributed by atoms with Crippen molar-refractivity contribution in [3.05, 3.63) is 64.7 Å². The number of guanidine groups is 1. The molecule has 0 saturated carbocycles. The van der Waals surface area contributed by atoms with Crippen molar-refractivity contribution in [1.82, 2.24) is 10.2 Å². The van der Waals surface area contributed by atoms with Crippen LogP contribution in [0.15, 0.2) is 47.5 Å². The van der Waals surface area contributed by atoms with Gasteiger partial charge in [-0.2, -0.15) is 0 Å². The first-order chi connectivity index (χ1) is 16.6. The Morgan fingerprint density at radius 3 is 2.77 bits per heavy atom. The molecule has 8 heteroatoms. The number of aliphatic imine (C=N–C) groups is 1. The van der Waals surface area contributed by atoms with E-state index in [0.29, 0.717) is 17.7 Å². The van der Waals surface area contributed by atoms with Crippen molar-refractivity contribution in [2.45, 2.75) is 69.7 Å². The number of fused-ring (bicyclic) bond motifs is 2. The van der Waals surface area contributed by atoms with Crippen molar-refractivity contribution in [2.24, 2.45) is 10.7 Å². The Labute approximate surface area is 205 Å². The Kier molecular flexibility index (Phi) is 5.59. The van der Waals surface area contributed by atoms with E-state index in [1.165, 1.54) is 0 Å². The van der Waals surface area contributed by atoms with Crippen molar-refractivity contribution in [3.8, 4) is 5.75 Å². The fraction of sp³-hybridized carbons (Fsp3) is 0.444. The summed E-state index contributed by atoms with van der Waals surface area (Å²) in [5, 5.41) is 14.0. The second-order valence-corrected chi connectivity index (χ2v) is 10.3. The maximum atomic E-state index is 13.4. The molecular weight excluding hydrogens is 444 g/mol. The zero-order valence-electron chi connectivity index (χ0n) is 20.4. The fourth-order valence-corrected chi connectivity index (χ4v) is 5.38. The van der Waals surface area contributed by atoms with Gasteiger partial charge in [-0.05, 0) is 62.4 Å². The van der Waals surface area contributed by atoms with E-state index in [-0.39, 0.29) is 30.4 Å². The highest BCUT2D eigenvalue weighted by Crippen LogP contribution is 2.40. The number of hydrogen-bond acceptors (Lipinski definition) is 6. The average molecular weight is 477 g/mol. The lowest BCUT2D eigenvalue weighted by Crippen LogP contribution is -2.51. The van der Waals surface area contributed by atoms with Crippen LogP contribution in [0.3, 0.4) is 0 Å². The molecule has 184 valence electrons. The van der Waals surface area contributed by atoms with Crippen molar-refractivity contribution in [3.63, 3.8) is 0 Å². The average Bonchev–Trinajstić information content (AvgIpc) is 3.23. The molecule has 2 aliphatic heterocycles. The normalized spacial score (nSPS) is 29.7. The summed E-state index contributed by atoms with van der Waals surface area (Å²) in [7, 11) is 0. The van der Waals surface area contributed by atoms with Crippen LogP contribution in [-0.2, 0) is 11.2 Å². The molecule has 2 heterocycles. The number of benzene rings is 2. The lowest BCUT2D eigenvalue weighted by atomic mass is 9.87. The topological polar surface area (TPSA) is 117 Å². The molecule has 3 aliphatic rings. The van der Waals surface area contributed by atoms with Crippen LogP contribution in [0.5, 0.6) is 5.75 Å². The number of carbonyl (C=O) groups is 2. The van der Waals surface area contributed by atoms with E-state index < -0.39 is 17.2 Å². The number of nitrogens with one attached hydrogen (secondary N) is 1. The number of ether oxygens (including phenoxy) is 1. The molecule has 5 rings (SSSR count). The predicted molar refractivity (Wildman–Crippen MR) is 132 cm³/mol. The van der Waals surface area contributed by atoms with Gasteiger partial charge in [-0.15, -0.1) is 0 Å². The van der Waals surface area contributed by atoms with Crippen LogP contribution >= 0.6 is 0 Å². The number of aryl methyl sites for hydroxylation is 1. The molecule has 0 fully saturated rings. The second kappa shape index (κ2) is 8.37. The third-order valence-electron chi connectivity index (χ3n) is 7.61. The minimum Gasteiger partial charge on any atom is -0.490 e. The van der Waals surface area contributed by atoms with Gasteiger partial charge in [-0.3, -0.25) is 14.5 Å². The zero-order valence-corrected chi connectivity index (χ0v) is 20.4. The summed E-state index contributed by atoms with van der Waals surface area (Å²) in [5.74, 6) is 0.555. The third-order valence-corrected chi connectivity index (χ3v) is 7.61. The van der Waals surface area contributed by atoms with Gasteiger partial charge in [0.1, 0.15) is 18.0 Å². The highest BCUT2D eigenvalue weighted by molar-refractivity contribution is 6.00. The van der Waals surface area contributed by atoms with E-state index >= 15 is 0 Å². The maximum absolute atomic E-state index is 13.4. The van der Waals surface area contributed by atoms with Gasteiger partial charge in [0.2, 0.25) is 5.91 Å². The van der Waals surface area contributed by atoms with Crippen LogP contribution in [-0.4, -0.2) is 45.5 Å². The zero-order chi connectivity index (χ0) is 25.0. The molecule has 2 amide bonds. The minimum absolute atomic E-state index is 0.0376. The number of aliphatic hydroxyl groups is 1. The predicted octanol–water partition coefficient (Wildman–Crippen LogP) is 3.00. The molecule has 35 heavy (non-hydrogen) atoms. The van der Waals surface area contributed by atoms with E-state index in [1.807, 2.05) is 50.2 Å². The summed E-state index contributed by atoms with van der Waals surface area (Å²) in [6.45, 7) is 5.68. The molecule has 0 bridgehead atoms. The lowest BCUT2D eigenvalue weighted by molar-refractivity contribution is -0.131. The van der Waals surface area contributed by atoms with Gasteiger partial charge >= 0.3 is 0 Å². The SMILES string of the molecule is CC[C@]1(C)CC(=O)N([C@@H]2CCc3ccc(C(=O)N[C@@H]4c5ccccc5OC[C@]4(C)O)cc32)C(N)=N1. The largest absolute Gasteiger partial charge is 0.490 e. The van der Waals surface area contributed by atoms with Gasteiger partial charge in [0, 0.05) is 11.1 Å². The Hall–Kier alpha value is -3.39. The fourth-order valence-electron chi connectivity index (χ4n) is 5.38. The van der Waals surface area contributed by atoms with E-state index in [4.69, 9.17) is 10.5 Å². The summed E-state index contributed by atoms with van der Waals surface area (Å²) in [4.78, 5) is 32.7. The molecule has 0 radical (unpaired) electrons. The second-order valence-electron chi connectivity index (χ2n) is 10.3. The van der Waals surface area contributed by atoms with Crippen LogP contribution in [0, 0.1) is 0 Å². The standard InChI is InChI=1S/C27H32N4O4/c1-4-26(2)14-22(32)31(25(28)30-26)20-12-11-16-9-10-17(13-19(16)20)24(33)29-23-18-7-5-6-8-21(18)35-15-27(23,3)34/h5-10,13,20,23,34H,4,11-12,14-15H2,1-3H3,(H2,28,30)(H,29,33)/t20-,23-,26-,27+/m1/s1. The summed E-state index contributed by atoms with van der Waals surface area (Å²) in [6, 6.07) is 12.1. The highest BCUT2D eigenvalue weighted by atomic mass is 16.5. The summed E-state index contributed by atoms with van der Waals surface area (Å²) in [6.07, 6.45) is 2.58. The minimum atomic E-state index is -1.26. The first-order valence-electron chi connectivity index (χ1n) is 12.2. The smallest absolute Gasteiger partial charge is 0.251 e. The lowest BCUT2D eigenvalue weighted by Gasteiger charge is -2.38. The van der Waals surface area contributed by atoms with Crippen molar-refractivity contribution in [2.75, 3.05) is 6.61 Å². The van der Waals surface area contributed by atoms with Gasteiger partial charge in [0.25, 0.3) is 5.91 Å². The van der Waals surface area contributed by atoms with Gasteiger partial charge < -0.3 is 20.9 Å². The number of para-hydroxylation sites is 1. The summed E-state index contributed by atoms with van der Waals surface area (Å²) in [5.41, 5.74) is 7.77. The highest BCUT2D eigenvalue weighted by Gasteiger charge is 2.42. The number of rotatable bonds is 4. The van der Waals surface area contributed by atoms with Crippen LogP contribution < -0.4 is 15.8 Å². The first kappa shape index (κ1) is 23.4. The molecular formula is C27H32N4O4. The van der Waals surface area contributed by atoms with E-state index in [9.17, 15) is 14.7 Å². The molecule has 4 N–H and O–H groups in total. The Morgan fingerprint density at radius 2 is 2.03 bits per heavy atom. The van der Waals surface area contributed by atoms with Crippen molar-refractivity contribution < 1.29 is 19.4 Å². The number of nitrogens with two attached hydrogens (primary N) is 1. The Morgan fingerprint density at radius 1 is 1.26 bits per heavy atom. The molecule has 2 aromatic rings. The number of carbonyl (C=O) groups excluding carboxylic acids is 2. The molecule has 0 saturated heterocycles. The first-order valence-corrected chi connectivity index (χ1v) is 12.2. The van der Waals surface area contributed by atoms with E-state index in [2.05, 4.69) is 10.3 Å². The molecule has 1 aliphatic carbocycles. The van der Waals surface area contributed by atoms with Crippen LogP contribution in [0.2, 0.25) is 0 Å². The molecule has 0 spiro atoms. The molecule has 2 aromatic carbocycles. The van der Waals surface area contributed by atoms with Crippen LogP contribution in [0.1, 0.15) is 79.2 Å².